The quantitative estimate of drug-likeness (QED) is 0.770. The summed E-state index contributed by atoms with van der Waals surface area (Å²) in [5.41, 5.74) is 4.82. The maximum atomic E-state index is 12.7. The molecule has 5 nitrogen and oxygen atoms in total. The van der Waals surface area contributed by atoms with Crippen molar-refractivity contribution in [1.82, 2.24) is 4.90 Å². The van der Waals surface area contributed by atoms with Crippen molar-refractivity contribution in [2.24, 2.45) is 17.6 Å². The lowest BCUT2D eigenvalue weighted by molar-refractivity contribution is -0.144. The van der Waals surface area contributed by atoms with Crippen LogP contribution in [0.1, 0.15) is 72.6 Å². The molecule has 0 aromatic carbocycles. The van der Waals surface area contributed by atoms with Crippen LogP contribution in [0.5, 0.6) is 0 Å². The fraction of sp³-hybridized carbons (Fsp3) is 0.947. The summed E-state index contributed by atoms with van der Waals surface area (Å²) in [6, 6.07) is -0.115. The summed E-state index contributed by atoms with van der Waals surface area (Å²) in [4.78, 5) is 14.5. The SMILES string of the molecule is CC1CCC(O)(C2(N)CC3CCC2N(C(=O)OC(C)(C)C)C3)CC1. The Labute approximate surface area is 145 Å². The second-order valence-corrected chi connectivity index (χ2v) is 9.55. The summed E-state index contributed by atoms with van der Waals surface area (Å²) in [5, 5.41) is 11.4. The highest BCUT2D eigenvalue weighted by atomic mass is 16.6. The molecule has 1 amide bonds. The number of nitrogens with zero attached hydrogens (tertiary/aromatic N) is 1. The van der Waals surface area contributed by atoms with Gasteiger partial charge in [0.05, 0.1) is 17.2 Å². The van der Waals surface area contributed by atoms with Crippen LogP contribution < -0.4 is 5.73 Å². The van der Waals surface area contributed by atoms with Crippen LogP contribution in [-0.4, -0.2) is 45.4 Å². The third kappa shape index (κ3) is 3.05. The van der Waals surface area contributed by atoms with E-state index in [0.29, 0.717) is 18.4 Å². The molecule has 4 fully saturated rings. The molecule has 3 atom stereocenters. The first-order chi connectivity index (χ1) is 11.0. The number of nitrogens with two attached hydrogens (primary N) is 1. The van der Waals surface area contributed by atoms with Gasteiger partial charge in [-0.15, -0.1) is 0 Å². The highest BCUT2D eigenvalue weighted by Crippen LogP contribution is 2.50. The molecule has 4 rings (SSSR count). The van der Waals surface area contributed by atoms with Gasteiger partial charge in [-0.05, 0) is 77.6 Å². The maximum absolute atomic E-state index is 12.7. The molecule has 0 radical (unpaired) electrons. The summed E-state index contributed by atoms with van der Waals surface area (Å²) in [6.07, 6.45) is 6.03. The van der Waals surface area contributed by atoms with Gasteiger partial charge in [0.2, 0.25) is 0 Å². The summed E-state index contributed by atoms with van der Waals surface area (Å²) in [5.74, 6) is 1.02. The van der Waals surface area contributed by atoms with E-state index in [9.17, 15) is 9.90 Å². The molecule has 2 saturated heterocycles. The average molecular weight is 338 g/mol. The molecule has 3 N–H and O–H groups in total. The van der Waals surface area contributed by atoms with Gasteiger partial charge in [-0.25, -0.2) is 4.79 Å². The molecule has 138 valence electrons. The van der Waals surface area contributed by atoms with Crippen LogP contribution in [0.3, 0.4) is 0 Å². The number of carbonyl (C=O) groups is 1. The molecule has 2 aliphatic carbocycles. The van der Waals surface area contributed by atoms with Gasteiger partial charge < -0.3 is 20.5 Å². The minimum absolute atomic E-state index is 0.115. The highest BCUT2D eigenvalue weighted by Gasteiger charge is 2.60. The van der Waals surface area contributed by atoms with Gasteiger partial charge >= 0.3 is 6.09 Å². The molecule has 5 heteroatoms. The highest BCUT2D eigenvalue weighted by molar-refractivity contribution is 5.69. The molecule has 2 bridgehead atoms. The van der Waals surface area contributed by atoms with E-state index >= 15 is 0 Å². The number of piperidine rings is 2. The second-order valence-electron chi connectivity index (χ2n) is 9.55. The predicted octanol–water partition coefficient (Wildman–Crippen LogP) is 3.04. The van der Waals surface area contributed by atoms with E-state index in [2.05, 4.69) is 6.92 Å². The van der Waals surface area contributed by atoms with E-state index in [-0.39, 0.29) is 12.1 Å². The number of fused-ring (bicyclic) bond motifs is 3. The Hall–Kier alpha value is -0.810. The Bertz CT molecular complexity index is 493. The Morgan fingerprint density at radius 3 is 2.38 bits per heavy atom. The van der Waals surface area contributed by atoms with Gasteiger partial charge in [-0.1, -0.05) is 6.92 Å². The van der Waals surface area contributed by atoms with Gasteiger partial charge in [0.25, 0.3) is 0 Å². The Balaban J connectivity index is 1.83. The lowest BCUT2D eigenvalue weighted by Crippen LogP contribution is -2.77. The third-order valence-corrected chi connectivity index (χ3v) is 6.50. The predicted molar refractivity (Wildman–Crippen MR) is 93.6 cm³/mol. The summed E-state index contributed by atoms with van der Waals surface area (Å²) >= 11 is 0. The van der Waals surface area contributed by atoms with Crippen LogP contribution in [0.25, 0.3) is 0 Å². The van der Waals surface area contributed by atoms with Crippen molar-refractivity contribution in [3.63, 3.8) is 0 Å². The largest absolute Gasteiger partial charge is 0.444 e. The first-order valence-electron chi connectivity index (χ1n) is 9.55. The lowest BCUT2D eigenvalue weighted by Gasteiger charge is -2.61. The van der Waals surface area contributed by atoms with Crippen molar-refractivity contribution >= 4 is 6.09 Å². The molecule has 24 heavy (non-hydrogen) atoms. The van der Waals surface area contributed by atoms with Crippen LogP contribution in [0.2, 0.25) is 0 Å². The van der Waals surface area contributed by atoms with Crippen molar-refractivity contribution in [3.05, 3.63) is 0 Å². The van der Waals surface area contributed by atoms with Crippen LogP contribution in [0.15, 0.2) is 0 Å². The molecule has 2 heterocycles. The smallest absolute Gasteiger partial charge is 0.410 e. The molecule has 0 spiro atoms. The molecule has 0 aromatic rings. The minimum Gasteiger partial charge on any atom is -0.444 e. The standard InChI is InChI=1S/C19H34N2O3/c1-13-7-9-18(23,10-8-13)19(20)11-14-5-6-15(19)21(12-14)16(22)24-17(2,3)4/h13-15,23H,5-12,20H2,1-4H3. The van der Waals surface area contributed by atoms with Crippen LogP contribution >= 0.6 is 0 Å². The van der Waals surface area contributed by atoms with E-state index in [1.54, 1.807) is 0 Å². The molecular formula is C19H34N2O3. The van der Waals surface area contributed by atoms with Crippen molar-refractivity contribution in [2.45, 2.75) is 95.4 Å². The average Bonchev–Trinajstić information content (AvgIpc) is 2.49. The Morgan fingerprint density at radius 2 is 1.83 bits per heavy atom. The minimum atomic E-state index is -0.858. The second kappa shape index (κ2) is 5.87. The molecule has 3 unspecified atom stereocenters. The zero-order valence-electron chi connectivity index (χ0n) is 15.7. The maximum Gasteiger partial charge on any atom is 0.410 e. The molecule has 0 aromatic heterocycles. The van der Waals surface area contributed by atoms with Crippen molar-refractivity contribution in [1.29, 1.82) is 0 Å². The fourth-order valence-corrected chi connectivity index (χ4v) is 5.09. The Morgan fingerprint density at radius 1 is 1.21 bits per heavy atom. The Kier molecular flexibility index (Phi) is 4.40. The van der Waals surface area contributed by atoms with Gasteiger partial charge in [0.15, 0.2) is 0 Å². The van der Waals surface area contributed by atoms with Gasteiger partial charge in [0.1, 0.15) is 5.60 Å². The number of amides is 1. The van der Waals surface area contributed by atoms with Gasteiger partial charge in [-0.2, -0.15) is 0 Å². The van der Waals surface area contributed by atoms with Crippen LogP contribution in [0, 0.1) is 11.8 Å². The molecule has 4 aliphatic rings. The normalized spacial score (nSPS) is 42.9. The third-order valence-electron chi connectivity index (χ3n) is 6.50. The topological polar surface area (TPSA) is 75.8 Å². The number of aliphatic hydroxyl groups is 1. The zero-order chi connectivity index (χ0) is 17.8. The van der Waals surface area contributed by atoms with Crippen LogP contribution in [0.4, 0.5) is 4.79 Å². The number of hydrogen-bond donors (Lipinski definition) is 2. The van der Waals surface area contributed by atoms with Crippen molar-refractivity contribution in [3.8, 4) is 0 Å². The number of ether oxygens (including phenoxy) is 1. The number of rotatable bonds is 1. The molecule has 2 saturated carbocycles. The van der Waals surface area contributed by atoms with E-state index in [0.717, 1.165) is 44.9 Å². The first-order valence-corrected chi connectivity index (χ1v) is 9.55. The van der Waals surface area contributed by atoms with Crippen molar-refractivity contribution in [2.75, 3.05) is 6.54 Å². The van der Waals surface area contributed by atoms with Crippen LogP contribution in [-0.2, 0) is 4.74 Å². The lowest BCUT2D eigenvalue weighted by atomic mass is 9.57. The van der Waals surface area contributed by atoms with Gasteiger partial charge in [-0.3, -0.25) is 0 Å². The molecule has 2 aliphatic heterocycles. The number of carbonyl (C=O) groups excluding carboxylic acids is 1. The van der Waals surface area contributed by atoms with E-state index in [1.165, 1.54) is 0 Å². The van der Waals surface area contributed by atoms with E-state index < -0.39 is 16.7 Å². The summed E-state index contributed by atoms with van der Waals surface area (Å²) < 4.78 is 5.61. The first kappa shape index (κ1) is 18.0. The summed E-state index contributed by atoms with van der Waals surface area (Å²) in [6.45, 7) is 8.62. The summed E-state index contributed by atoms with van der Waals surface area (Å²) in [7, 11) is 0. The van der Waals surface area contributed by atoms with E-state index in [1.807, 2.05) is 25.7 Å². The van der Waals surface area contributed by atoms with Crippen molar-refractivity contribution < 1.29 is 14.6 Å². The number of hydrogen-bond acceptors (Lipinski definition) is 4. The monoisotopic (exact) mass is 338 g/mol. The van der Waals surface area contributed by atoms with Gasteiger partial charge in [0, 0.05) is 6.54 Å². The molecular weight excluding hydrogens is 304 g/mol. The van der Waals surface area contributed by atoms with E-state index in [4.69, 9.17) is 10.5 Å². The fourth-order valence-electron chi connectivity index (χ4n) is 5.09. The zero-order valence-corrected chi connectivity index (χ0v) is 15.7.